The Hall–Kier alpha value is -3.24. The molecule has 0 unspecified atom stereocenters. The molecule has 0 atom stereocenters. The Kier molecular flexibility index (Phi) is 3.99. The number of hydrogen-bond acceptors (Lipinski definition) is 6. The average molecular weight is 323 g/mol. The molecule has 0 fully saturated rings. The minimum Gasteiger partial charge on any atom is -0.465 e. The van der Waals surface area contributed by atoms with E-state index in [4.69, 9.17) is 4.42 Å². The molecule has 3 aromatic rings. The lowest BCUT2D eigenvalue weighted by molar-refractivity contribution is -0.384. The highest BCUT2D eigenvalue weighted by atomic mass is 32.1. The highest BCUT2D eigenvalue weighted by Crippen LogP contribution is 2.29. The molecular formula is C16H9N3O3S. The maximum absolute atomic E-state index is 10.8. The molecule has 0 saturated carbocycles. The van der Waals surface area contributed by atoms with Crippen LogP contribution in [0.25, 0.3) is 22.9 Å². The molecule has 7 heteroatoms. The van der Waals surface area contributed by atoms with Crippen molar-refractivity contribution in [3.63, 3.8) is 0 Å². The van der Waals surface area contributed by atoms with Crippen molar-refractivity contribution in [2.45, 2.75) is 0 Å². The summed E-state index contributed by atoms with van der Waals surface area (Å²) in [6, 6.07) is 11.8. The Balaban J connectivity index is 1.96. The number of allylic oxidation sites excluding steroid dienone is 1. The third kappa shape index (κ3) is 3.17. The average Bonchev–Trinajstić information content (AvgIpc) is 3.24. The number of furan rings is 1. The van der Waals surface area contributed by atoms with E-state index in [1.807, 2.05) is 0 Å². The molecule has 3 rings (SSSR count). The van der Waals surface area contributed by atoms with Crippen LogP contribution >= 0.6 is 11.3 Å². The Labute approximate surface area is 135 Å². The van der Waals surface area contributed by atoms with Crippen molar-refractivity contribution in [1.29, 1.82) is 5.26 Å². The zero-order chi connectivity index (χ0) is 16.2. The van der Waals surface area contributed by atoms with Crippen molar-refractivity contribution in [3.05, 3.63) is 68.9 Å². The number of hydrogen-bond donors (Lipinski definition) is 0. The second-order valence-corrected chi connectivity index (χ2v) is 5.39. The first-order valence-corrected chi connectivity index (χ1v) is 7.41. The predicted molar refractivity (Wildman–Crippen MR) is 86.4 cm³/mol. The van der Waals surface area contributed by atoms with Crippen molar-refractivity contribution >= 4 is 28.7 Å². The number of non-ortho nitro benzene ring substituents is 1. The second kappa shape index (κ2) is 6.25. The van der Waals surface area contributed by atoms with Gasteiger partial charge in [0.25, 0.3) is 5.69 Å². The summed E-state index contributed by atoms with van der Waals surface area (Å²) in [5, 5.41) is 22.4. The van der Waals surface area contributed by atoms with E-state index in [2.05, 4.69) is 11.1 Å². The minimum atomic E-state index is -0.450. The standard InChI is InChI=1S/C16H9N3O3S/c17-9-12(8-14-5-2-6-22-14)16-18-15(10-23-16)11-3-1-4-13(7-11)19(20)21/h1-8,10H/b12-8-. The first-order chi connectivity index (χ1) is 11.2. The summed E-state index contributed by atoms with van der Waals surface area (Å²) in [7, 11) is 0. The van der Waals surface area contributed by atoms with Crippen LogP contribution in [-0.4, -0.2) is 9.91 Å². The van der Waals surface area contributed by atoms with Gasteiger partial charge in [-0.1, -0.05) is 12.1 Å². The summed E-state index contributed by atoms with van der Waals surface area (Å²) in [6.07, 6.45) is 3.13. The molecule has 0 radical (unpaired) electrons. The highest BCUT2D eigenvalue weighted by molar-refractivity contribution is 7.11. The summed E-state index contributed by atoms with van der Waals surface area (Å²) in [5.74, 6) is 0.564. The molecule has 0 aliphatic carbocycles. The lowest BCUT2D eigenvalue weighted by Crippen LogP contribution is -1.88. The Bertz CT molecular complexity index is 920. The summed E-state index contributed by atoms with van der Waals surface area (Å²) in [6.45, 7) is 0. The molecule has 0 saturated heterocycles. The molecule has 2 aromatic heterocycles. The van der Waals surface area contributed by atoms with Gasteiger partial charge in [-0.25, -0.2) is 4.98 Å². The molecule has 0 aliphatic rings. The third-order valence-corrected chi connectivity index (χ3v) is 3.91. The van der Waals surface area contributed by atoms with Gasteiger partial charge in [0.1, 0.15) is 16.8 Å². The molecule has 112 valence electrons. The van der Waals surface area contributed by atoms with Crippen LogP contribution in [0.4, 0.5) is 5.69 Å². The van der Waals surface area contributed by atoms with Crippen molar-refractivity contribution in [2.24, 2.45) is 0 Å². The van der Waals surface area contributed by atoms with E-state index in [1.165, 1.54) is 29.7 Å². The van der Waals surface area contributed by atoms with Crippen molar-refractivity contribution in [2.75, 3.05) is 0 Å². The van der Waals surface area contributed by atoms with Gasteiger partial charge in [0, 0.05) is 29.2 Å². The fraction of sp³-hybridized carbons (Fsp3) is 0. The van der Waals surface area contributed by atoms with E-state index >= 15 is 0 Å². The number of aromatic nitrogens is 1. The number of nitro benzene ring substituents is 1. The number of benzene rings is 1. The van der Waals surface area contributed by atoms with Gasteiger partial charge in [-0.05, 0) is 12.1 Å². The second-order valence-electron chi connectivity index (χ2n) is 4.53. The first-order valence-electron chi connectivity index (χ1n) is 6.53. The highest BCUT2D eigenvalue weighted by Gasteiger charge is 2.12. The van der Waals surface area contributed by atoms with E-state index in [-0.39, 0.29) is 5.69 Å². The fourth-order valence-corrected chi connectivity index (χ4v) is 2.76. The third-order valence-electron chi connectivity index (χ3n) is 3.04. The van der Waals surface area contributed by atoms with Crippen LogP contribution in [0, 0.1) is 21.4 Å². The SMILES string of the molecule is N#C/C(=C/c1ccco1)c1nc(-c2cccc([N+](=O)[O-])c2)cs1. The van der Waals surface area contributed by atoms with Gasteiger partial charge in [-0.3, -0.25) is 10.1 Å². The molecule has 0 aliphatic heterocycles. The fourth-order valence-electron chi connectivity index (χ4n) is 1.97. The summed E-state index contributed by atoms with van der Waals surface area (Å²) in [5.41, 5.74) is 1.61. The first kappa shape index (κ1) is 14.7. The summed E-state index contributed by atoms with van der Waals surface area (Å²) < 4.78 is 5.20. The number of nitro groups is 1. The van der Waals surface area contributed by atoms with Crippen molar-refractivity contribution < 1.29 is 9.34 Å². The van der Waals surface area contributed by atoms with E-state index < -0.39 is 4.92 Å². The number of thiazole rings is 1. The van der Waals surface area contributed by atoms with Gasteiger partial charge in [-0.2, -0.15) is 5.26 Å². The van der Waals surface area contributed by atoms with E-state index in [1.54, 1.807) is 35.7 Å². The molecule has 1 aromatic carbocycles. The molecule has 23 heavy (non-hydrogen) atoms. The lowest BCUT2D eigenvalue weighted by Gasteiger charge is -1.96. The maximum Gasteiger partial charge on any atom is 0.270 e. The van der Waals surface area contributed by atoms with Gasteiger partial charge < -0.3 is 4.42 Å². The molecule has 2 heterocycles. The zero-order valence-corrected chi connectivity index (χ0v) is 12.5. The summed E-state index contributed by atoms with van der Waals surface area (Å²) >= 11 is 1.30. The van der Waals surface area contributed by atoms with Crippen LogP contribution in [-0.2, 0) is 0 Å². The van der Waals surface area contributed by atoms with Crippen LogP contribution in [0.3, 0.4) is 0 Å². The molecule has 0 spiro atoms. The minimum absolute atomic E-state index is 0.00341. The smallest absolute Gasteiger partial charge is 0.270 e. The van der Waals surface area contributed by atoms with Crippen LogP contribution in [0.5, 0.6) is 0 Å². The molecule has 6 nitrogen and oxygen atoms in total. The van der Waals surface area contributed by atoms with Crippen molar-refractivity contribution in [3.8, 4) is 17.3 Å². The maximum atomic E-state index is 10.8. The van der Waals surface area contributed by atoms with Crippen LogP contribution < -0.4 is 0 Å². The normalized spacial score (nSPS) is 11.2. The largest absolute Gasteiger partial charge is 0.465 e. The number of rotatable bonds is 4. The lowest BCUT2D eigenvalue weighted by atomic mass is 10.1. The summed E-state index contributed by atoms with van der Waals surface area (Å²) in [4.78, 5) is 14.8. The van der Waals surface area contributed by atoms with Gasteiger partial charge in [0.05, 0.1) is 22.5 Å². The zero-order valence-electron chi connectivity index (χ0n) is 11.7. The van der Waals surface area contributed by atoms with Gasteiger partial charge in [-0.15, -0.1) is 11.3 Å². The molecule has 0 bridgehead atoms. The molecule has 0 N–H and O–H groups in total. The van der Waals surface area contributed by atoms with Crippen LogP contribution in [0.15, 0.2) is 52.5 Å². The quantitative estimate of drug-likeness (QED) is 0.403. The Morgan fingerprint density at radius 3 is 2.96 bits per heavy atom. The Morgan fingerprint density at radius 2 is 2.26 bits per heavy atom. The van der Waals surface area contributed by atoms with Crippen LogP contribution in [0.2, 0.25) is 0 Å². The number of nitrogens with zero attached hydrogens (tertiary/aromatic N) is 3. The van der Waals surface area contributed by atoms with Gasteiger partial charge in [0.2, 0.25) is 0 Å². The monoisotopic (exact) mass is 323 g/mol. The topological polar surface area (TPSA) is 93.0 Å². The van der Waals surface area contributed by atoms with E-state index in [0.29, 0.717) is 27.6 Å². The molecular weight excluding hydrogens is 314 g/mol. The van der Waals surface area contributed by atoms with E-state index in [0.717, 1.165) is 0 Å². The van der Waals surface area contributed by atoms with Crippen LogP contribution in [0.1, 0.15) is 10.8 Å². The van der Waals surface area contributed by atoms with Gasteiger partial charge in [0.15, 0.2) is 0 Å². The number of nitriles is 1. The van der Waals surface area contributed by atoms with Gasteiger partial charge >= 0.3 is 0 Å². The Morgan fingerprint density at radius 1 is 1.39 bits per heavy atom. The predicted octanol–water partition coefficient (Wildman–Crippen LogP) is 4.38. The van der Waals surface area contributed by atoms with E-state index in [9.17, 15) is 15.4 Å². The van der Waals surface area contributed by atoms with Crippen molar-refractivity contribution in [1.82, 2.24) is 4.98 Å². The molecule has 0 amide bonds.